The van der Waals surface area contributed by atoms with Crippen LogP contribution in [0.5, 0.6) is 0 Å². The summed E-state index contributed by atoms with van der Waals surface area (Å²) in [5, 5.41) is -0.180. The minimum Gasteiger partial charge on any atom is -0.462 e. The first-order valence-corrected chi connectivity index (χ1v) is 9.78. The van der Waals surface area contributed by atoms with Gasteiger partial charge in [-0.3, -0.25) is 4.79 Å². The summed E-state index contributed by atoms with van der Waals surface area (Å²) in [5.41, 5.74) is -1.16. The van der Waals surface area contributed by atoms with Gasteiger partial charge >= 0.3 is 5.97 Å². The number of likely N-dealkylation sites (N-methyl/N-ethyl adjacent to an activating group) is 1. The molecule has 1 fully saturated rings. The minimum absolute atomic E-state index is 0.0255. The highest BCUT2D eigenvalue weighted by Crippen LogP contribution is 2.30. The van der Waals surface area contributed by atoms with E-state index in [1.54, 1.807) is 11.8 Å². The number of aryl methyl sites for hydroxylation is 1. The normalized spacial score (nSPS) is 15.2. The summed E-state index contributed by atoms with van der Waals surface area (Å²) >= 11 is 4.18. The molecular formula is C19H23F2N3O3S. The van der Waals surface area contributed by atoms with E-state index in [2.05, 4.69) is 17.5 Å². The number of aromatic nitrogens is 1. The van der Waals surface area contributed by atoms with Gasteiger partial charge in [-0.1, -0.05) is 0 Å². The molecule has 0 unspecified atom stereocenters. The fourth-order valence-corrected chi connectivity index (χ4v) is 3.65. The molecule has 28 heavy (non-hydrogen) atoms. The Balaban J connectivity index is 2.23. The number of ether oxygens (including phenoxy) is 1. The molecule has 6 nitrogen and oxygen atoms in total. The van der Waals surface area contributed by atoms with Crippen molar-refractivity contribution in [1.82, 2.24) is 9.47 Å². The fourth-order valence-electron chi connectivity index (χ4n) is 3.43. The summed E-state index contributed by atoms with van der Waals surface area (Å²) in [5.74, 6) is -2.08. The van der Waals surface area contributed by atoms with E-state index in [0.29, 0.717) is 31.9 Å². The highest BCUT2D eigenvalue weighted by molar-refractivity contribution is 7.80. The number of carbonyl (C=O) groups is 1. The Kier molecular flexibility index (Phi) is 6.24. The van der Waals surface area contributed by atoms with Crippen LogP contribution < -0.4 is 10.3 Å². The summed E-state index contributed by atoms with van der Waals surface area (Å²) in [6.07, 6.45) is 1.27. The molecular weight excluding hydrogens is 388 g/mol. The van der Waals surface area contributed by atoms with Crippen molar-refractivity contribution in [3.63, 3.8) is 0 Å². The topological polar surface area (TPSA) is 54.8 Å². The minimum atomic E-state index is -0.815. The van der Waals surface area contributed by atoms with Crippen LogP contribution in [-0.2, 0) is 11.3 Å². The molecule has 1 saturated heterocycles. The van der Waals surface area contributed by atoms with E-state index in [9.17, 15) is 14.0 Å². The number of benzene rings is 1. The Morgan fingerprint density at radius 3 is 2.54 bits per heavy atom. The molecule has 0 atom stereocenters. The highest BCUT2D eigenvalue weighted by atomic mass is 32.1. The quantitative estimate of drug-likeness (QED) is 0.604. The zero-order valence-corrected chi connectivity index (χ0v) is 16.8. The second-order valence-electron chi connectivity index (χ2n) is 6.72. The Hall–Kier alpha value is -2.13. The molecule has 0 spiro atoms. The Morgan fingerprint density at radius 1 is 1.25 bits per heavy atom. The van der Waals surface area contributed by atoms with E-state index in [0.717, 1.165) is 6.07 Å². The molecule has 3 rings (SSSR count). The van der Waals surface area contributed by atoms with E-state index in [4.69, 9.17) is 4.74 Å². The van der Waals surface area contributed by atoms with E-state index in [-0.39, 0.29) is 35.3 Å². The van der Waals surface area contributed by atoms with Crippen LogP contribution >= 0.6 is 12.6 Å². The van der Waals surface area contributed by atoms with E-state index >= 15 is 4.39 Å². The number of piperazine rings is 1. The maximum absolute atomic E-state index is 15.5. The lowest BCUT2D eigenvalue weighted by molar-refractivity contribution is 0.0524. The van der Waals surface area contributed by atoms with Gasteiger partial charge in [-0.2, -0.15) is 12.6 Å². The van der Waals surface area contributed by atoms with Crippen molar-refractivity contribution in [3.8, 4) is 0 Å². The molecule has 1 aliphatic rings. The van der Waals surface area contributed by atoms with Crippen LogP contribution in [0.2, 0.25) is 0 Å². The number of esters is 1. The molecule has 9 heteroatoms. The van der Waals surface area contributed by atoms with Gasteiger partial charge in [0, 0.05) is 44.7 Å². The van der Waals surface area contributed by atoms with E-state index in [1.165, 1.54) is 10.8 Å². The predicted octanol–water partition coefficient (Wildman–Crippen LogP) is 2.14. The largest absolute Gasteiger partial charge is 0.462 e. The first-order chi connectivity index (χ1) is 13.4. The van der Waals surface area contributed by atoms with Gasteiger partial charge in [0.2, 0.25) is 5.43 Å². The molecule has 1 aromatic carbocycles. The molecule has 0 aliphatic carbocycles. The van der Waals surface area contributed by atoms with Crippen molar-refractivity contribution in [3.05, 3.63) is 39.7 Å². The second-order valence-corrected chi connectivity index (χ2v) is 7.16. The van der Waals surface area contributed by atoms with Gasteiger partial charge in [0.1, 0.15) is 17.1 Å². The van der Waals surface area contributed by atoms with Crippen LogP contribution in [0.3, 0.4) is 0 Å². The molecule has 1 aliphatic heterocycles. The standard InChI is InChI=1S/C19H23F2N3O3S/c1-3-27-19(26)13-11-24(8-9-28)16-12(18(13)25)10-14(20)17(15(16)21)23-6-4-22(2)5-7-23/h10-11,28H,3-9H2,1-2H3. The van der Waals surface area contributed by atoms with Crippen molar-refractivity contribution in [2.45, 2.75) is 13.5 Å². The van der Waals surface area contributed by atoms with Gasteiger partial charge in [0.05, 0.1) is 17.5 Å². The lowest BCUT2D eigenvalue weighted by Crippen LogP contribution is -2.45. The molecule has 0 bridgehead atoms. The number of halogens is 2. The number of nitrogens with zero attached hydrogens (tertiary/aromatic N) is 3. The van der Waals surface area contributed by atoms with Crippen LogP contribution in [0.15, 0.2) is 17.1 Å². The zero-order chi connectivity index (χ0) is 20.4. The van der Waals surface area contributed by atoms with Gasteiger partial charge in [0.25, 0.3) is 0 Å². The Morgan fingerprint density at radius 2 is 1.93 bits per heavy atom. The second kappa shape index (κ2) is 8.48. The smallest absolute Gasteiger partial charge is 0.343 e. The summed E-state index contributed by atoms with van der Waals surface area (Å²) in [6, 6.07) is 1.02. The number of rotatable bonds is 5. The highest BCUT2D eigenvalue weighted by Gasteiger charge is 2.26. The number of carbonyl (C=O) groups excluding carboxylic acids is 1. The number of fused-ring (bicyclic) bond motifs is 1. The van der Waals surface area contributed by atoms with Crippen molar-refractivity contribution in [1.29, 1.82) is 0 Å². The maximum Gasteiger partial charge on any atom is 0.343 e. The van der Waals surface area contributed by atoms with Crippen LogP contribution in [-0.4, -0.2) is 61.0 Å². The average Bonchev–Trinajstić information content (AvgIpc) is 2.65. The third kappa shape index (κ3) is 3.73. The first-order valence-electron chi connectivity index (χ1n) is 9.15. The lowest BCUT2D eigenvalue weighted by atomic mass is 10.1. The van der Waals surface area contributed by atoms with E-state index < -0.39 is 23.0 Å². The third-order valence-corrected chi connectivity index (χ3v) is 5.09. The number of thiol groups is 1. The number of hydrogen-bond donors (Lipinski definition) is 1. The van der Waals surface area contributed by atoms with Crippen molar-refractivity contribution >= 4 is 35.2 Å². The molecule has 152 valence electrons. The SMILES string of the molecule is CCOC(=O)c1cn(CCS)c2c(F)c(N3CCN(C)CC3)c(F)cc2c1=O. The molecule has 0 amide bonds. The summed E-state index contributed by atoms with van der Waals surface area (Å²) in [6.45, 7) is 4.28. The van der Waals surface area contributed by atoms with Gasteiger partial charge in [-0.05, 0) is 20.0 Å². The molecule has 2 aromatic rings. The predicted molar refractivity (Wildman–Crippen MR) is 108 cm³/mol. The van der Waals surface area contributed by atoms with Gasteiger partial charge in [-0.25, -0.2) is 13.6 Å². The maximum atomic E-state index is 15.5. The summed E-state index contributed by atoms with van der Waals surface area (Å²) < 4.78 is 36.7. The van der Waals surface area contributed by atoms with Crippen LogP contribution in [0.25, 0.3) is 10.9 Å². The van der Waals surface area contributed by atoms with Crippen molar-refractivity contribution < 1.29 is 18.3 Å². The fraction of sp³-hybridized carbons (Fsp3) is 0.474. The molecule has 0 radical (unpaired) electrons. The molecule has 0 saturated carbocycles. The van der Waals surface area contributed by atoms with E-state index in [1.807, 2.05) is 7.05 Å². The van der Waals surface area contributed by atoms with Gasteiger partial charge in [0.15, 0.2) is 5.82 Å². The number of anilines is 1. The molecule has 1 aromatic heterocycles. The van der Waals surface area contributed by atoms with Crippen molar-refractivity contribution in [2.75, 3.05) is 50.5 Å². The average molecular weight is 411 g/mol. The van der Waals surface area contributed by atoms with Crippen molar-refractivity contribution in [2.24, 2.45) is 0 Å². The summed E-state index contributed by atoms with van der Waals surface area (Å²) in [4.78, 5) is 28.6. The lowest BCUT2D eigenvalue weighted by Gasteiger charge is -2.34. The number of pyridine rings is 1. The Labute approximate surface area is 167 Å². The first kappa shape index (κ1) is 20.6. The zero-order valence-electron chi connectivity index (χ0n) is 15.9. The Bertz CT molecular complexity index is 956. The van der Waals surface area contributed by atoms with Gasteiger partial charge < -0.3 is 19.1 Å². The third-order valence-electron chi connectivity index (χ3n) is 4.89. The molecule has 2 heterocycles. The monoisotopic (exact) mass is 411 g/mol. The van der Waals surface area contributed by atoms with Crippen LogP contribution in [0.1, 0.15) is 17.3 Å². The van der Waals surface area contributed by atoms with Gasteiger partial charge in [-0.15, -0.1) is 0 Å². The molecule has 0 N–H and O–H groups in total. The summed E-state index contributed by atoms with van der Waals surface area (Å²) in [7, 11) is 1.95. The number of hydrogen-bond acceptors (Lipinski definition) is 6. The van der Waals surface area contributed by atoms with Crippen LogP contribution in [0.4, 0.5) is 14.5 Å². The van der Waals surface area contributed by atoms with Crippen LogP contribution in [0, 0.1) is 11.6 Å².